The minimum Gasteiger partial charge on any atom is -0.497 e. The first-order chi connectivity index (χ1) is 12.5. The second-order valence-electron chi connectivity index (χ2n) is 6.65. The van der Waals surface area contributed by atoms with E-state index in [0.29, 0.717) is 13.1 Å². The van der Waals surface area contributed by atoms with E-state index in [1.165, 1.54) is 0 Å². The van der Waals surface area contributed by atoms with Gasteiger partial charge in [0.2, 0.25) is 0 Å². The van der Waals surface area contributed by atoms with E-state index in [2.05, 4.69) is 5.32 Å². The zero-order valence-electron chi connectivity index (χ0n) is 15.3. The van der Waals surface area contributed by atoms with Gasteiger partial charge in [0.1, 0.15) is 5.75 Å². The number of carbonyl (C=O) groups is 1. The highest BCUT2D eigenvalue weighted by molar-refractivity contribution is 6.01. The lowest BCUT2D eigenvalue weighted by molar-refractivity contribution is -0.127. The van der Waals surface area contributed by atoms with Gasteiger partial charge in [-0.2, -0.15) is 0 Å². The molecule has 2 atom stereocenters. The van der Waals surface area contributed by atoms with E-state index in [9.17, 15) is 9.90 Å². The van der Waals surface area contributed by atoms with Crippen LogP contribution >= 0.6 is 0 Å². The van der Waals surface area contributed by atoms with Crippen LogP contribution in [0.3, 0.4) is 0 Å². The molecule has 2 N–H and O–H groups in total. The number of carbonyl (C=O) groups excluding carboxylic acids is 1. The van der Waals surface area contributed by atoms with Gasteiger partial charge in [-0.25, -0.2) is 0 Å². The van der Waals surface area contributed by atoms with Gasteiger partial charge in [-0.05, 0) is 43.9 Å². The van der Waals surface area contributed by atoms with Crippen LogP contribution in [0.2, 0.25) is 0 Å². The van der Waals surface area contributed by atoms with E-state index in [4.69, 9.17) is 4.74 Å². The number of likely N-dealkylation sites (N-methyl/N-ethyl adjacent to an activating group) is 1. The van der Waals surface area contributed by atoms with E-state index in [0.717, 1.165) is 22.7 Å². The smallest absolute Gasteiger partial charge is 0.258 e. The van der Waals surface area contributed by atoms with E-state index >= 15 is 0 Å². The molecule has 26 heavy (non-hydrogen) atoms. The standard InChI is InChI=1S/C20H25N3O3/c1-22(2)12-13-23-17-7-5-4-6-16(17)21-18(19(24)20(23)25)14-8-10-15(26-3)11-9-14/h4-11,18-19,21,24H,12-13H2,1-3H3. The molecule has 138 valence electrons. The van der Waals surface area contributed by atoms with Crippen molar-refractivity contribution in [3.8, 4) is 5.75 Å². The quantitative estimate of drug-likeness (QED) is 0.860. The van der Waals surface area contributed by atoms with Crippen LogP contribution in [0.25, 0.3) is 0 Å². The minimum absolute atomic E-state index is 0.301. The summed E-state index contributed by atoms with van der Waals surface area (Å²) in [5, 5.41) is 14.2. The molecular formula is C20H25N3O3. The van der Waals surface area contributed by atoms with Gasteiger partial charge >= 0.3 is 0 Å². The van der Waals surface area contributed by atoms with Crippen molar-refractivity contribution < 1.29 is 14.6 Å². The summed E-state index contributed by atoms with van der Waals surface area (Å²) in [5.74, 6) is 0.432. The molecule has 0 spiro atoms. The van der Waals surface area contributed by atoms with Crippen LogP contribution in [-0.2, 0) is 4.79 Å². The average Bonchev–Trinajstić information content (AvgIpc) is 2.76. The van der Waals surface area contributed by atoms with Crippen molar-refractivity contribution >= 4 is 17.3 Å². The van der Waals surface area contributed by atoms with Crippen molar-refractivity contribution in [2.75, 3.05) is 44.5 Å². The molecule has 1 heterocycles. The first-order valence-electron chi connectivity index (χ1n) is 8.65. The van der Waals surface area contributed by atoms with Gasteiger partial charge < -0.3 is 25.0 Å². The van der Waals surface area contributed by atoms with Crippen molar-refractivity contribution in [2.45, 2.75) is 12.1 Å². The number of aliphatic hydroxyl groups is 1. The monoisotopic (exact) mass is 355 g/mol. The third kappa shape index (κ3) is 3.66. The number of amides is 1. The number of aliphatic hydroxyl groups excluding tert-OH is 1. The van der Waals surface area contributed by atoms with Gasteiger partial charge in [0.05, 0.1) is 24.5 Å². The van der Waals surface area contributed by atoms with Gasteiger partial charge in [0.25, 0.3) is 5.91 Å². The number of fused-ring (bicyclic) bond motifs is 1. The molecule has 2 unspecified atom stereocenters. The molecule has 0 saturated heterocycles. The second-order valence-corrected chi connectivity index (χ2v) is 6.65. The number of hydrogen-bond acceptors (Lipinski definition) is 5. The first-order valence-corrected chi connectivity index (χ1v) is 8.65. The van der Waals surface area contributed by atoms with Crippen LogP contribution < -0.4 is 15.0 Å². The molecule has 6 nitrogen and oxygen atoms in total. The summed E-state index contributed by atoms with van der Waals surface area (Å²) in [4.78, 5) is 16.7. The molecular weight excluding hydrogens is 330 g/mol. The number of methoxy groups -OCH3 is 1. The zero-order valence-corrected chi connectivity index (χ0v) is 15.3. The number of nitrogens with one attached hydrogen (secondary N) is 1. The summed E-state index contributed by atoms with van der Waals surface area (Å²) >= 11 is 0. The fraction of sp³-hybridized carbons (Fsp3) is 0.350. The van der Waals surface area contributed by atoms with Crippen LogP contribution in [0.1, 0.15) is 11.6 Å². The number of para-hydroxylation sites is 2. The lowest BCUT2D eigenvalue weighted by atomic mass is 10.0. The molecule has 6 heteroatoms. The predicted molar refractivity (Wildman–Crippen MR) is 103 cm³/mol. The normalized spacial score (nSPS) is 19.7. The van der Waals surface area contributed by atoms with Gasteiger partial charge in [-0.1, -0.05) is 24.3 Å². The molecule has 2 aromatic carbocycles. The SMILES string of the molecule is COc1ccc(C2Nc3ccccc3N(CCN(C)C)C(=O)C2O)cc1. The maximum absolute atomic E-state index is 13.0. The number of hydrogen-bond donors (Lipinski definition) is 2. The lowest BCUT2D eigenvalue weighted by Gasteiger charge is -2.26. The summed E-state index contributed by atoms with van der Waals surface area (Å²) in [6, 6.07) is 14.5. The summed E-state index contributed by atoms with van der Waals surface area (Å²) in [6.07, 6.45) is -1.18. The Hall–Kier alpha value is -2.57. The number of anilines is 2. The Labute approximate surface area is 154 Å². The summed E-state index contributed by atoms with van der Waals surface area (Å²) in [7, 11) is 5.53. The second kappa shape index (κ2) is 7.76. The molecule has 1 aliphatic heterocycles. The van der Waals surface area contributed by atoms with E-state index in [1.54, 1.807) is 12.0 Å². The Bertz CT molecular complexity index is 761. The van der Waals surface area contributed by atoms with Gasteiger partial charge in [-0.3, -0.25) is 4.79 Å². The highest BCUT2D eigenvalue weighted by atomic mass is 16.5. The maximum Gasteiger partial charge on any atom is 0.258 e. The fourth-order valence-electron chi connectivity index (χ4n) is 3.11. The Morgan fingerprint density at radius 2 is 1.85 bits per heavy atom. The molecule has 0 aliphatic carbocycles. The van der Waals surface area contributed by atoms with Crippen LogP contribution in [0, 0.1) is 0 Å². The Balaban J connectivity index is 1.97. The summed E-state index contributed by atoms with van der Waals surface area (Å²) in [5.41, 5.74) is 2.45. The third-order valence-corrected chi connectivity index (χ3v) is 4.59. The van der Waals surface area contributed by atoms with Gasteiger partial charge in [0.15, 0.2) is 6.10 Å². The molecule has 0 radical (unpaired) electrons. The summed E-state index contributed by atoms with van der Waals surface area (Å²) in [6.45, 7) is 1.22. The van der Waals surface area contributed by atoms with Crippen LogP contribution in [0.15, 0.2) is 48.5 Å². The first kappa shape index (κ1) is 18.2. The molecule has 2 aromatic rings. The van der Waals surface area contributed by atoms with Gasteiger partial charge in [0, 0.05) is 13.1 Å². The van der Waals surface area contributed by atoms with Crippen LogP contribution in [0.5, 0.6) is 5.75 Å². The van der Waals surface area contributed by atoms with E-state index in [1.807, 2.05) is 67.5 Å². The number of ether oxygens (including phenoxy) is 1. The predicted octanol–water partition coefficient (Wildman–Crippen LogP) is 2.12. The van der Waals surface area contributed by atoms with Gasteiger partial charge in [-0.15, -0.1) is 0 Å². The zero-order chi connectivity index (χ0) is 18.7. The Morgan fingerprint density at radius 1 is 1.15 bits per heavy atom. The molecule has 0 aromatic heterocycles. The number of rotatable bonds is 5. The fourth-order valence-corrected chi connectivity index (χ4v) is 3.11. The van der Waals surface area contributed by atoms with Crippen LogP contribution in [-0.4, -0.2) is 56.3 Å². The van der Waals surface area contributed by atoms with Crippen molar-refractivity contribution in [3.05, 3.63) is 54.1 Å². The highest BCUT2D eigenvalue weighted by Gasteiger charge is 2.36. The Morgan fingerprint density at radius 3 is 2.50 bits per heavy atom. The molecule has 0 saturated carbocycles. The summed E-state index contributed by atoms with van der Waals surface area (Å²) < 4.78 is 5.19. The van der Waals surface area contributed by atoms with E-state index < -0.39 is 12.1 Å². The largest absolute Gasteiger partial charge is 0.497 e. The van der Waals surface area contributed by atoms with Crippen molar-refractivity contribution in [3.63, 3.8) is 0 Å². The maximum atomic E-state index is 13.0. The molecule has 1 amide bonds. The van der Waals surface area contributed by atoms with Crippen LogP contribution in [0.4, 0.5) is 11.4 Å². The minimum atomic E-state index is -1.18. The Kier molecular flexibility index (Phi) is 5.44. The van der Waals surface area contributed by atoms with Crippen molar-refractivity contribution in [1.82, 2.24) is 4.90 Å². The molecule has 0 fully saturated rings. The van der Waals surface area contributed by atoms with Crippen molar-refractivity contribution in [2.24, 2.45) is 0 Å². The molecule has 3 rings (SSSR count). The average molecular weight is 355 g/mol. The lowest BCUT2D eigenvalue weighted by Crippen LogP contribution is -2.44. The highest BCUT2D eigenvalue weighted by Crippen LogP contribution is 2.35. The molecule has 1 aliphatic rings. The topological polar surface area (TPSA) is 65.0 Å². The number of nitrogens with zero attached hydrogens (tertiary/aromatic N) is 2. The van der Waals surface area contributed by atoms with E-state index in [-0.39, 0.29) is 5.91 Å². The van der Waals surface area contributed by atoms with Crippen molar-refractivity contribution in [1.29, 1.82) is 0 Å². The number of benzene rings is 2. The molecule has 0 bridgehead atoms. The third-order valence-electron chi connectivity index (χ3n) is 4.59.